The summed E-state index contributed by atoms with van der Waals surface area (Å²) in [5, 5.41) is 7.83. The molecule has 3 rings (SSSR count). The van der Waals surface area contributed by atoms with Gasteiger partial charge in [-0.05, 0) is 23.3 Å². The van der Waals surface area contributed by atoms with Crippen LogP contribution in [-0.2, 0) is 14.3 Å². The molecule has 0 aliphatic carbocycles. The number of thiol groups is 1. The van der Waals surface area contributed by atoms with Crippen molar-refractivity contribution in [1.29, 1.82) is 0 Å². The Labute approximate surface area is 163 Å². The number of rotatable bonds is 5. The second-order valence-electron chi connectivity index (χ2n) is 6.72. The molecule has 2 aromatic carbocycles. The number of amides is 1. The summed E-state index contributed by atoms with van der Waals surface area (Å²) in [6.07, 6.45) is 0.373. The minimum absolute atomic E-state index is 0.188. The van der Waals surface area contributed by atoms with Crippen LogP contribution in [0.3, 0.4) is 0 Å². The van der Waals surface area contributed by atoms with E-state index < -0.39 is 23.9 Å². The van der Waals surface area contributed by atoms with Crippen molar-refractivity contribution in [3.63, 3.8) is 0 Å². The topological polar surface area (TPSA) is 84.5 Å². The largest absolute Gasteiger partial charge is 0.392 e. The van der Waals surface area contributed by atoms with E-state index in [4.69, 9.17) is 4.74 Å². The standard InChI is InChI=1S/C20H22N2O4S/c1-12(11-27)19(24)26-20(25)17-9-14(10-21-17)22-18(23)16-8-4-6-13-5-2-3-7-15(13)16/h2-8,12,14,17,21,27H,9-11H2,1H3,(H,22,23)/t12?,14?,17-/m0/s1. The van der Waals surface area contributed by atoms with E-state index in [0.717, 1.165) is 10.8 Å². The predicted octanol–water partition coefficient (Wildman–Crippen LogP) is 1.94. The fraction of sp³-hybridized carbons (Fsp3) is 0.350. The van der Waals surface area contributed by atoms with Crippen molar-refractivity contribution in [2.24, 2.45) is 5.92 Å². The Hall–Kier alpha value is -2.38. The maximum atomic E-state index is 12.7. The van der Waals surface area contributed by atoms with E-state index in [2.05, 4.69) is 23.3 Å². The van der Waals surface area contributed by atoms with E-state index in [1.807, 2.05) is 36.4 Å². The van der Waals surface area contributed by atoms with Crippen LogP contribution in [0, 0.1) is 5.92 Å². The summed E-state index contributed by atoms with van der Waals surface area (Å²) in [5.41, 5.74) is 0.594. The van der Waals surface area contributed by atoms with Gasteiger partial charge in [0.2, 0.25) is 0 Å². The Kier molecular flexibility index (Phi) is 6.13. The number of nitrogens with one attached hydrogen (secondary N) is 2. The van der Waals surface area contributed by atoms with Gasteiger partial charge in [-0.2, -0.15) is 12.6 Å². The third-order valence-corrected chi connectivity index (χ3v) is 5.21. The van der Waals surface area contributed by atoms with Crippen LogP contribution in [0.4, 0.5) is 0 Å². The molecule has 3 atom stereocenters. The Morgan fingerprint density at radius 2 is 1.96 bits per heavy atom. The van der Waals surface area contributed by atoms with Gasteiger partial charge in [0.1, 0.15) is 6.04 Å². The van der Waals surface area contributed by atoms with Crippen molar-refractivity contribution < 1.29 is 19.1 Å². The first-order valence-electron chi connectivity index (χ1n) is 8.88. The van der Waals surface area contributed by atoms with E-state index >= 15 is 0 Å². The molecule has 0 radical (unpaired) electrons. The summed E-state index contributed by atoms with van der Waals surface area (Å²) in [4.78, 5) is 36.5. The Morgan fingerprint density at radius 1 is 1.22 bits per heavy atom. The number of ether oxygens (including phenoxy) is 1. The van der Waals surface area contributed by atoms with Crippen LogP contribution >= 0.6 is 12.6 Å². The van der Waals surface area contributed by atoms with Crippen molar-refractivity contribution in [3.8, 4) is 0 Å². The van der Waals surface area contributed by atoms with Gasteiger partial charge in [-0.3, -0.25) is 9.59 Å². The van der Waals surface area contributed by atoms with Crippen LogP contribution in [-0.4, -0.2) is 42.2 Å². The lowest BCUT2D eigenvalue weighted by Gasteiger charge is -2.14. The van der Waals surface area contributed by atoms with Crippen LogP contribution in [0.5, 0.6) is 0 Å². The molecule has 1 heterocycles. The Balaban J connectivity index is 1.60. The van der Waals surface area contributed by atoms with Gasteiger partial charge in [-0.25, -0.2) is 4.79 Å². The number of esters is 2. The molecule has 1 saturated heterocycles. The molecule has 7 heteroatoms. The molecule has 2 N–H and O–H groups in total. The third kappa shape index (κ3) is 4.48. The summed E-state index contributed by atoms with van der Waals surface area (Å²) in [5.74, 6) is -1.52. The fourth-order valence-corrected chi connectivity index (χ4v) is 3.21. The molecule has 1 fully saturated rings. The van der Waals surface area contributed by atoms with Crippen molar-refractivity contribution in [1.82, 2.24) is 10.6 Å². The molecule has 1 amide bonds. The molecular weight excluding hydrogens is 364 g/mol. The summed E-state index contributed by atoms with van der Waals surface area (Å²) in [6, 6.07) is 12.4. The smallest absolute Gasteiger partial charge is 0.330 e. The molecule has 1 aliphatic heterocycles. The molecule has 6 nitrogen and oxygen atoms in total. The Bertz CT molecular complexity index is 865. The lowest BCUT2D eigenvalue weighted by atomic mass is 10.0. The highest BCUT2D eigenvalue weighted by Gasteiger charge is 2.33. The fourth-order valence-electron chi connectivity index (χ4n) is 3.06. The molecule has 27 heavy (non-hydrogen) atoms. The van der Waals surface area contributed by atoms with E-state index in [1.54, 1.807) is 13.0 Å². The van der Waals surface area contributed by atoms with E-state index in [1.165, 1.54) is 0 Å². The van der Waals surface area contributed by atoms with E-state index in [-0.39, 0.29) is 11.9 Å². The van der Waals surface area contributed by atoms with E-state index in [0.29, 0.717) is 24.3 Å². The zero-order valence-electron chi connectivity index (χ0n) is 15.0. The minimum Gasteiger partial charge on any atom is -0.392 e. The molecular formula is C20H22N2O4S. The summed E-state index contributed by atoms with van der Waals surface area (Å²) >= 11 is 4.02. The number of hydrogen-bond acceptors (Lipinski definition) is 6. The number of benzene rings is 2. The van der Waals surface area contributed by atoms with E-state index in [9.17, 15) is 14.4 Å². The maximum Gasteiger partial charge on any atom is 0.330 e. The first kappa shape index (κ1) is 19.4. The van der Waals surface area contributed by atoms with Gasteiger partial charge in [-0.1, -0.05) is 43.3 Å². The van der Waals surface area contributed by atoms with Crippen molar-refractivity contribution >= 4 is 41.2 Å². The number of carbonyl (C=O) groups excluding carboxylic acids is 3. The minimum atomic E-state index is -0.615. The van der Waals surface area contributed by atoms with Crippen LogP contribution in [0.2, 0.25) is 0 Å². The monoisotopic (exact) mass is 386 g/mol. The first-order valence-corrected chi connectivity index (χ1v) is 9.51. The van der Waals surface area contributed by atoms with Crippen LogP contribution in [0.1, 0.15) is 23.7 Å². The lowest BCUT2D eigenvalue weighted by molar-refractivity contribution is -0.163. The molecule has 0 spiro atoms. The van der Waals surface area contributed by atoms with Crippen LogP contribution in [0.15, 0.2) is 42.5 Å². The van der Waals surface area contributed by atoms with Crippen LogP contribution < -0.4 is 10.6 Å². The Morgan fingerprint density at radius 3 is 2.74 bits per heavy atom. The highest BCUT2D eigenvalue weighted by atomic mass is 32.1. The second-order valence-corrected chi connectivity index (χ2v) is 7.08. The molecule has 0 bridgehead atoms. The van der Waals surface area contributed by atoms with Gasteiger partial charge in [0.25, 0.3) is 5.91 Å². The number of carbonyl (C=O) groups is 3. The zero-order valence-corrected chi connectivity index (χ0v) is 15.9. The zero-order chi connectivity index (χ0) is 19.4. The molecule has 1 aliphatic rings. The molecule has 2 aromatic rings. The summed E-state index contributed by atoms with van der Waals surface area (Å²) in [6.45, 7) is 2.09. The average Bonchev–Trinajstić information content (AvgIpc) is 3.15. The molecule has 2 unspecified atom stereocenters. The highest BCUT2D eigenvalue weighted by Crippen LogP contribution is 2.19. The van der Waals surface area contributed by atoms with Crippen molar-refractivity contribution in [2.45, 2.75) is 25.4 Å². The van der Waals surface area contributed by atoms with Gasteiger partial charge < -0.3 is 15.4 Å². The van der Waals surface area contributed by atoms with Gasteiger partial charge >= 0.3 is 11.9 Å². The van der Waals surface area contributed by atoms with Gasteiger partial charge in [0.15, 0.2) is 0 Å². The predicted molar refractivity (Wildman–Crippen MR) is 106 cm³/mol. The normalized spacial score (nSPS) is 20.2. The summed E-state index contributed by atoms with van der Waals surface area (Å²) in [7, 11) is 0. The summed E-state index contributed by atoms with van der Waals surface area (Å²) < 4.78 is 4.88. The second kappa shape index (κ2) is 8.54. The maximum absolute atomic E-state index is 12.7. The third-order valence-electron chi connectivity index (χ3n) is 4.66. The molecule has 0 saturated carbocycles. The molecule has 0 aromatic heterocycles. The van der Waals surface area contributed by atoms with Crippen molar-refractivity contribution in [2.75, 3.05) is 12.3 Å². The first-order chi connectivity index (χ1) is 13.0. The van der Waals surface area contributed by atoms with Gasteiger partial charge in [-0.15, -0.1) is 0 Å². The average molecular weight is 386 g/mol. The van der Waals surface area contributed by atoms with Gasteiger partial charge in [0, 0.05) is 23.9 Å². The molecule has 142 valence electrons. The van der Waals surface area contributed by atoms with Crippen LogP contribution in [0.25, 0.3) is 10.8 Å². The number of fused-ring (bicyclic) bond motifs is 1. The SMILES string of the molecule is CC(CS)C(=O)OC(=O)[C@@H]1CC(NC(=O)c2cccc3ccccc23)CN1. The quantitative estimate of drug-likeness (QED) is 0.415. The lowest BCUT2D eigenvalue weighted by Crippen LogP contribution is -2.36. The highest BCUT2D eigenvalue weighted by molar-refractivity contribution is 7.80. The number of hydrogen-bond donors (Lipinski definition) is 3. The van der Waals surface area contributed by atoms with Crippen molar-refractivity contribution in [3.05, 3.63) is 48.0 Å². The van der Waals surface area contributed by atoms with Gasteiger partial charge in [0.05, 0.1) is 5.92 Å².